The molecule has 5 N–H and O–H groups in total. The highest BCUT2D eigenvalue weighted by atomic mass is 16.5. The number of rotatable bonds is 6. The standard InChI is InChI=1S/C15H25N5O3/c1-2-3-4-5-15(16)13-14(17-8-19-15)20(9-18-13)12-6-10(22)11(7-21)23-12/h8-12,21-22H,2-7,16H2,1H3,(H,17,19)/t10-,11+,12+,15?/m0/s1. The number of fused-ring (bicyclic) bond motifs is 1. The van der Waals surface area contributed by atoms with Gasteiger partial charge in [-0.1, -0.05) is 19.8 Å². The predicted molar refractivity (Wildman–Crippen MR) is 85.1 cm³/mol. The van der Waals surface area contributed by atoms with Crippen LogP contribution in [0.4, 0.5) is 5.82 Å². The van der Waals surface area contributed by atoms with Crippen molar-refractivity contribution in [2.45, 2.75) is 63.1 Å². The Kier molecular flexibility index (Phi) is 4.67. The van der Waals surface area contributed by atoms with E-state index in [0.717, 1.165) is 25.7 Å². The van der Waals surface area contributed by atoms with Crippen LogP contribution in [0.15, 0.2) is 11.3 Å². The first-order valence-corrected chi connectivity index (χ1v) is 8.20. The summed E-state index contributed by atoms with van der Waals surface area (Å²) >= 11 is 0. The van der Waals surface area contributed by atoms with Crippen LogP contribution >= 0.6 is 0 Å². The van der Waals surface area contributed by atoms with Gasteiger partial charge in [0, 0.05) is 6.42 Å². The lowest BCUT2D eigenvalue weighted by Gasteiger charge is -2.31. The molecule has 1 aromatic rings. The lowest BCUT2D eigenvalue weighted by molar-refractivity contribution is -0.0438. The molecule has 3 rings (SSSR count). The summed E-state index contributed by atoms with van der Waals surface area (Å²) < 4.78 is 7.47. The number of unbranched alkanes of at least 4 members (excludes halogenated alkanes) is 2. The van der Waals surface area contributed by atoms with E-state index in [1.54, 1.807) is 17.2 Å². The minimum absolute atomic E-state index is 0.211. The number of aliphatic hydroxyl groups excluding tert-OH is 2. The molecule has 1 unspecified atom stereocenters. The van der Waals surface area contributed by atoms with Crippen molar-refractivity contribution in [3.8, 4) is 0 Å². The number of aliphatic imine (C=N–C) groups is 1. The van der Waals surface area contributed by atoms with Crippen molar-refractivity contribution in [2.24, 2.45) is 10.7 Å². The highest BCUT2D eigenvalue weighted by molar-refractivity contribution is 5.66. The number of aromatic nitrogens is 2. The third-order valence-corrected chi connectivity index (χ3v) is 4.57. The molecular formula is C15H25N5O3. The zero-order chi connectivity index (χ0) is 16.4. The van der Waals surface area contributed by atoms with Gasteiger partial charge in [-0.25, -0.2) is 9.98 Å². The molecule has 1 fully saturated rings. The minimum atomic E-state index is -0.731. The molecule has 4 atom stereocenters. The Balaban J connectivity index is 1.82. The molecule has 2 aliphatic heterocycles. The Bertz CT molecular complexity index is 575. The van der Waals surface area contributed by atoms with E-state index in [0.29, 0.717) is 17.9 Å². The Morgan fingerprint density at radius 2 is 2.35 bits per heavy atom. The van der Waals surface area contributed by atoms with Crippen LogP contribution < -0.4 is 11.1 Å². The van der Waals surface area contributed by atoms with Crippen LogP contribution in [-0.4, -0.2) is 44.9 Å². The van der Waals surface area contributed by atoms with Gasteiger partial charge in [-0.3, -0.25) is 4.57 Å². The maximum absolute atomic E-state index is 9.91. The maximum atomic E-state index is 9.91. The number of nitrogens with two attached hydrogens (primary N) is 1. The molecular weight excluding hydrogens is 298 g/mol. The van der Waals surface area contributed by atoms with Crippen LogP contribution in [0.5, 0.6) is 0 Å². The van der Waals surface area contributed by atoms with Crippen molar-refractivity contribution >= 4 is 12.2 Å². The second-order valence-electron chi connectivity index (χ2n) is 6.27. The minimum Gasteiger partial charge on any atom is -0.394 e. The monoisotopic (exact) mass is 323 g/mol. The van der Waals surface area contributed by atoms with Gasteiger partial charge in [-0.2, -0.15) is 0 Å². The smallest absolute Gasteiger partial charge is 0.163 e. The fourth-order valence-electron chi connectivity index (χ4n) is 3.18. The van der Waals surface area contributed by atoms with Gasteiger partial charge in [-0.05, 0) is 12.8 Å². The molecule has 8 nitrogen and oxygen atoms in total. The van der Waals surface area contributed by atoms with E-state index in [2.05, 4.69) is 22.2 Å². The van der Waals surface area contributed by atoms with Crippen molar-refractivity contribution in [3.63, 3.8) is 0 Å². The van der Waals surface area contributed by atoms with Gasteiger partial charge in [0.15, 0.2) is 5.82 Å². The number of hydrogen-bond acceptors (Lipinski definition) is 7. The largest absolute Gasteiger partial charge is 0.394 e. The van der Waals surface area contributed by atoms with E-state index in [4.69, 9.17) is 10.5 Å². The first-order valence-electron chi connectivity index (χ1n) is 8.20. The van der Waals surface area contributed by atoms with Crippen LogP contribution in [0.25, 0.3) is 0 Å². The summed E-state index contributed by atoms with van der Waals surface area (Å²) in [5.41, 5.74) is 6.46. The average molecular weight is 323 g/mol. The van der Waals surface area contributed by atoms with Gasteiger partial charge in [0.2, 0.25) is 0 Å². The molecule has 128 valence electrons. The molecule has 8 heteroatoms. The number of aliphatic hydroxyl groups is 2. The van der Waals surface area contributed by atoms with Crippen molar-refractivity contribution in [1.82, 2.24) is 14.9 Å². The third-order valence-electron chi connectivity index (χ3n) is 4.57. The predicted octanol–water partition coefficient (Wildman–Crippen LogP) is 0.479. The van der Waals surface area contributed by atoms with E-state index >= 15 is 0 Å². The molecule has 0 amide bonds. The van der Waals surface area contributed by atoms with E-state index in [-0.39, 0.29) is 6.61 Å². The van der Waals surface area contributed by atoms with Crippen LogP contribution in [0.3, 0.4) is 0 Å². The summed E-state index contributed by atoms with van der Waals surface area (Å²) in [4.78, 5) is 8.80. The van der Waals surface area contributed by atoms with Crippen LogP contribution in [0.2, 0.25) is 0 Å². The van der Waals surface area contributed by atoms with E-state index < -0.39 is 24.1 Å². The number of imidazole rings is 1. The topological polar surface area (TPSA) is 118 Å². The second-order valence-corrected chi connectivity index (χ2v) is 6.27. The Morgan fingerprint density at radius 1 is 1.52 bits per heavy atom. The van der Waals surface area contributed by atoms with E-state index in [9.17, 15) is 10.2 Å². The molecule has 0 radical (unpaired) electrons. The maximum Gasteiger partial charge on any atom is 0.163 e. The highest BCUT2D eigenvalue weighted by Gasteiger charge is 2.39. The zero-order valence-corrected chi connectivity index (χ0v) is 13.4. The van der Waals surface area contributed by atoms with Gasteiger partial charge in [-0.15, -0.1) is 0 Å². The summed E-state index contributed by atoms with van der Waals surface area (Å²) in [6.07, 6.45) is 5.99. The van der Waals surface area contributed by atoms with E-state index in [1.807, 2.05) is 0 Å². The summed E-state index contributed by atoms with van der Waals surface area (Å²) in [6.45, 7) is 1.94. The molecule has 1 aromatic heterocycles. The molecule has 0 aliphatic carbocycles. The highest BCUT2D eigenvalue weighted by Crippen LogP contribution is 2.37. The van der Waals surface area contributed by atoms with Crippen molar-refractivity contribution in [2.75, 3.05) is 6.61 Å². The first kappa shape index (κ1) is 16.4. The zero-order valence-electron chi connectivity index (χ0n) is 13.4. The summed E-state index contributed by atoms with van der Waals surface area (Å²) in [6, 6.07) is 0. The average Bonchev–Trinajstić information content (AvgIpc) is 3.12. The van der Waals surface area contributed by atoms with Gasteiger partial charge >= 0.3 is 0 Å². The number of nitrogens with zero attached hydrogens (tertiary/aromatic N) is 3. The summed E-state index contributed by atoms with van der Waals surface area (Å²) in [5.74, 6) is 0.651. The SMILES string of the molecule is CCCCCC1(N)NC=Nc2c1ncn2[C@H]1C[C@H](O)[C@@H](CO)O1. The van der Waals surface area contributed by atoms with Crippen molar-refractivity contribution in [3.05, 3.63) is 12.0 Å². The van der Waals surface area contributed by atoms with Crippen molar-refractivity contribution < 1.29 is 14.9 Å². The van der Waals surface area contributed by atoms with Crippen molar-refractivity contribution in [1.29, 1.82) is 0 Å². The quantitative estimate of drug-likeness (QED) is 0.566. The third kappa shape index (κ3) is 2.99. The molecule has 0 bridgehead atoms. The van der Waals surface area contributed by atoms with Gasteiger partial charge in [0.05, 0.1) is 25.4 Å². The fourth-order valence-corrected chi connectivity index (χ4v) is 3.18. The van der Waals surface area contributed by atoms with Crippen LogP contribution in [0, 0.1) is 0 Å². The number of hydrogen-bond donors (Lipinski definition) is 4. The van der Waals surface area contributed by atoms with Crippen LogP contribution in [-0.2, 0) is 10.4 Å². The Morgan fingerprint density at radius 3 is 3.04 bits per heavy atom. The molecule has 0 aromatic carbocycles. The lowest BCUT2D eigenvalue weighted by Crippen LogP contribution is -2.51. The molecule has 1 saturated heterocycles. The van der Waals surface area contributed by atoms with Crippen LogP contribution in [0.1, 0.15) is 50.9 Å². The first-order chi connectivity index (χ1) is 11.1. The molecule has 0 saturated carbocycles. The van der Waals surface area contributed by atoms with Gasteiger partial charge in [0.1, 0.15) is 23.7 Å². The normalized spacial score (nSPS) is 32.8. The van der Waals surface area contributed by atoms with Gasteiger partial charge < -0.3 is 26.0 Å². The molecule has 3 heterocycles. The fraction of sp³-hybridized carbons (Fsp3) is 0.733. The summed E-state index contributed by atoms with van der Waals surface area (Å²) in [7, 11) is 0. The van der Waals surface area contributed by atoms with E-state index in [1.165, 1.54) is 0 Å². The summed E-state index contributed by atoms with van der Waals surface area (Å²) in [5, 5.41) is 22.3. The second kappa shape index (κ2) is 6.56. The molecule has 0 spiro atoms. The Hall–Kier alpha value is -1.48. The lowest BCUT2D eigenvalue weighted by atomic mass is 9.98. The number of nitrogens with one attached hydrogen (secondary N) is 1. The molecule has 23 heavy (non-hydrogen) atoms. The number of ether oxygens (including phenoxy) is 1. The Labute approximate surface area is 135 Å². The molecule has 2 aliphatic rings. The van der Waals surface area contributed by atoms with Gasteiger partial charge in [0.25, 0.3) is 0 Å².